The van der Waals surface area contributed by atoms with Gasteiger partial charge in [-0.2, -0.15) is 18.4 Å². The number of aromatic amines is 1. The number of nitrogens with zero attached hydrogens (tertiary/aromatic N) is 5. The molecule has 0 unspecified atom stereocenters. The molecular weight excluding hydrogens is 585 g/mol. The van der Waals surface area contributed by atoms with Crippen molar-refractivity contribution < 1.29 is 42.2 Å². The number of aliphatic hydroxyl groups excluding tert-OH is 1. The Hall–Kier alpha value is -4.94. The summed E-state index contributed by atoms with van der Waals surface area (Å²) in [7, 11) is 5.07. The van der Waals surface area contributed by atoms with E-state index in [2.05, 4.69) is 16.3 Å². The minimum Gasteiger partial charge on any atom is -0.554 e. The van der Waals surface area contributed by atoms with Gasteiger partial charge in [0.05, 0.1) is 57.1 Å². The van der Waals surface area contributed by atoms with Crippen molar-refractivity contribution >= 4 is 24.1 Å². The van der Waals surface area contributed by atoms with Crippen molar-refractivity contribution in [2.45, 2.75) is 25.6 Å². The molecule has 0 saturated carbocycles. The third-order valence-electron chi connectivity index (χ3n) is 7.24. The Morgan fingerprint density at radius 3 is 2.52 bits per heavy atom. The van der Waals surface area contributed by atoms with E-state index in [-0.39, 0.29) is 29.5 Å². The maximum Gasteiger partial charge on any atom is 0.416 e. The number of allylic oxidation sites excluding steroid dienone is 1. The summed E-state index contributed by atoms with van der Waals surface area (Å²) < 4.78 is 47.5. The first-order chi connectivity index (χ1) is 20.7. The molecule has 2 heterocycles. The van der Waals surface area contributed by atoms with E-state index in [1.165, 1.54) is 28.7 Å². The number of benzene rings is 2. The third kappa shape index (κ3) is 6.99. The number of fused-ring (bicyclic) bond motifs is 1. The van der Waals surface area contributed by atoms with E-state index in [1.807, 2.05) is 14.1 Å². The number of methoxy groups -OCH3 is 1. The van der Waals surface area contributed by atoms with Crippen molar-refractivity contribution in [1.29, 1.82) is 5.26 Å². The van der Waals surface area contributed by atoms with E-state index in [1.54, 1.807) is 25.1 Å². The fourth-order valence-electron chi connectivity index (χ4n) is 5.04. The molecular formula is C29H31F3N6O6. The average molecular weight is 617 g/mol. The van der Waals surface area contributed by atoms with Crippen LogP contribution in [0.25, 0.3) is 0 Å². The van der Waals surface area contributed by atoms with Gasteiger partial charge < -0.3 is 24.2 Å². The lowest BCUT2D eigenvalue weighted by atomic mass is 9.89. The zero-order valence-electron chi connectivity index (χ0n) is 24.4. The number of hydrogen-bond acceptors (Lipinski definition) is 9. The lowest BCUT2D eigenvalue weighted by Gasteiger charge is -2.36. The molecule has 2 N–H and O–H groups in total. The summed E-state index contributed by atoms with van der Waals surface area (Å²) in [6.07, 6.45) is -4.19. The number of aliphatic hydroxyl groups is 1. The van der Waals surface area contributed by atoms with Crippen molar-refractivity contribution in [2.75, 3.05) is 45.8 Å². The molecule has 44 heavy (non-hydrogen) atoms. The highest BCUT2D eigenvalue weighted by Crippen LogP contribution is 2.43. The number of carbonyl (C=O) groups is 2. The second-order valence-corrected chi connectivity index (χ2v) is 10.5. The highest BCUT2D eigenvalue weighted by molar-refractivity contribution is 5.93. The fraction of sp³-hybridized carbons (Fsp3) is 0.345. The molecule has 234 valence electrons. The molecule has 1 atom stereocenters. The van der Waals surface area contributed by atoms with Crippen molar-refractivity contribution in [3.05, 3.63) is 86.5 Å². The van der Waals surface area contributed by atoms with Gasteiger partial charge in [-0.25, -0.2) is 19.3 Å². The van der Waals surface area contributed by atoms with Crippen LogP contribution in [0.5, 0.6) is 0 Å². The number of ether oxygens (including phenoxy) is 1. The lowest BCUT2D eigenvalue weighted by Crippen LogP contribution is -2.43. The fourth-order valence-corrected chi connectivity index (χ4v) is 5.04. The van der Waals surface area contributed by atoms with Crippen molar-refractivity contribution in [1.82, 2.24) is 14.8 Å². The Bertz CT molecular complexity index is 1650. The predicted octanol–water partition coefficient (Wildman–Crippen LogP) is 1.63. The number of esters is 1. The van der Waals surface area contributed by atoms with Crippen LogP contribution in [0.15, 0.2) is 58.5 Å². The maximum absolute atomic E-state index is 13.6. The third-order valence-corrected chi connectivity index (χ3v) is 7.24. The summed E-state index contributed by atoms with van der Waals surface area (Å²) in [5.41, 5.74) is 0.267. The van der Waals surface area contributed by atoms with Crippen LogP contribution in [0, 0.1) is 11.3 Å². The Kier molecular flexibility index (Phi) is 10.4. The molecule has 2 aromatic carbocycles. The Balaban J connectivity index is 0.00000169. The van der Waals surface area contributed by atoms with Gasteiger partial charge in [0, 0.05) is 24.3 Å². The van der Waals surface area contributed by atoms with Crippen molar-refractivity contribution in [2.24, 2.45) is 0 Å². The van der Waals surface area contributed by atoms with Crippen LogP contribution in [-0.4, -0.2) is 77.7 Å². The molecule has 0 bridgehead atoms. The van der Waals surface area contributed by atoms with Gasteiger partial charge in [0.2, 0.25) is 5.95 Å². The van der Waals surface area contributed by atoms with Gasteiger partial charge in [-0.3, -0.25) is 4.90 Å². The zero-order valence-corrected chi connectivity index (χ0v) is 24.4. The van der Waals surface area contributed by atoms with E-state index in [0.29, 0.717) is 40.7 Å². The van der Waals surface area contributed by atoms with Gasteiger partial charge in [0.25, 0.3) is 0 Å². The summed E-state index contributed by atoms with van der Waals surface area (Å²) >= 11 is 0. The lowest BCUT2D eigenvalue weighted by molar-refractivity contribution is -0.890. The number of aromatic nitrogens is 3. The number of anilines is 2. The van der Waals surface area contributed by atoms with E-state index in [0.717, 1.165) is 12.1 Å². The Morgan fingerprint density at radius 1 is 1.25 bits per heavy atom. The van der Waals surface area contributed by atoms with Crippen LogP contribution in [-0.2, 0) is 26.9 Å². The molecule has 12 nitrogen and oxygen atoms in total. The summed E-state index contributed by atoms with van der Waals surface area (Å²) in [6, 6.07) is 10.5. The maximum atomic E-state index is 13.6. The minimum absolute atomic E-state index is 0.0174. The summed E-state index contributed by atoms with van der Waals surface area (Å²) in [4.78, 5) is 36.1. The number of carbonyl (C=O) groups excluding carboxylic acids is 2. The number of halogens is 3. The van der Waals surface area contributed by atoms with E-state index in [9.17, 15) is 33.1 Å². The van der Waals surface area contributed by atoms with Gasteiger partial charge in [-0.1, -0.05) is 12.1 Å². The van der Waals surface area contributed by atoms with Crippen LogP contribution < -0.4 is 15.7 Å². The molecule has 1 aromatic heterocycles. The molecule has 4 rings (SSSR count). The molecule has 0 amide bonds. The van der Waals surface area contributed by atoms with E-state index < -0.39 is 35.9 Å². The van der Waals surface area contributed by atoms with Crippen molar-refractivity contribution in [3.63, 3.8) is 0 Å². The smallest absolute Gasteiger partial charge is 0.416 e. The molecule has 0 fully saturated rings. The predicted molar refractivity (Wildman–Crippen MR) is 149 cm³/mol. The van der Waals surface area contributed by atoms with E-state index >= 15 is 0 Å². The molecule has 15 heteroatoms. The number of hydrogen-bond donors (Lipinski definition) is 2. The highest BCUT2D eigenvalue weighted by Gasteiger charge is 2.41. The SMILES string of the molecule is COC(=O)C1=C(C)N(c2cccc(C(F)(F)F)c2)c2n[nH]c(=O)n2[C@@H]1c1ccc(C#N)cc1CC[N+](C)(C)CCO.O=C[O-]. The molecule has 1 aliphatic rings. The van der Waals surface area contributed by atoms with Gasteiger partial charge in [-0.15, -0.1) is 5.10 Å². The monoisotopic (exact) mass is 616 g/mol. The number of carboxylic acid groups (broad SMARTS) is 1. The standard InChI is InChI=1S/C28H29F3N6O4.CH2O2/c1-17-23(25(39)41-4)24(22-9-8-18(16-32)14-19(22)10-11-37(2,3)12-13-38)36-26(33-34-27(36)40)35(17)21-7-5-6-20(15-21)28(29,30)31;2-1-3/h5-9,14-15,24,38H,10-13H2,1-4H3;1H,(H,2,3)/t24-;/m1./s1. The first kappa shape index (κ1) is 33.6. The topological polar surface area (TPSA) is 164 Å². The molecule has 0 radical (unpaired) electrons. The summed E-state index contributed by atoms with van der Waals surface area (Å²) in [6.45, 7) is 2.08. The second-order valence-electron chi connectivity index (χ2n) is 10.5. The number of H-pyrrole nitrogens is 1. The Morgan fingerprint density at radius 2 is 1.93 bits per heavy atom. The van der Waals surface area contributed by atoms with Crippen LogP contribution in [0.1, 0.15) is 35.2 Å². The average Bonchev–Trinajstić information content (AvgIpc) is 3.35. The number of nitrogens with one attached hydrogen (secondary N) is 1. The van der Waals surface area contributed by atoms with Gasteiger partial charge in [-0.05, 0) is 48.4 Å². The van der Waals surface area contributed by atoms with Gasteiger partial charge >= 0.3 is 17.8 Å². The normalized spacial score (nSPS) is 14.7. The summed E-state index contributed by atoms with van der Waals surface area (Å²) in [5.74, 6) is -0.800. The van der Waals surface area contributed by atoms with E-state index in [4.69, 9.17) is 14.6 Å². The highest BCUT2D eigenvalue weighted by atomic mass is 19.4. The molecule has 3 aromatic rings. The summed E-state index contributed by atoms with van der Waals surface area (Å²) in [5, 5.41) is 33.8. The molecule has 0 saturated heterocycles. The second kappa shape index (κ2) is 13.6. The molecule has 0 aliphatic carbocycles. The zero-order chi connectivity index (χ0) is 32.8. The molecule has 0 spiro atoms. The Labute approximate surface area is 250 Å². The van der Waals surface area contributed by atoms with Crippen LogP contribution in [0.2, 0.25) is 0 Å². The number of nitriles is 1. The largest absolute Gasteiger partial charge is 0.554 e. The van der Waals surface area contributed by atoms with Crippen LogP contribution in [0.3, 0.4) is 0 Å². The van der Waals surface area contributed by atoms with Crippen molar-refractivity contribution in [3.8, 4) is 6.07 Å². The quantitative estimate of drug-likeness (QED) is 0.217. The number of likely N-dealkylation sites (N-methyl/N-ethyl adjacent to an activating group) is 1. The number of rotatable bonds is 8. The minimum atomic E-state index is -4.62. The number of quaternary nitrogens is 1. The van der Waals surface area contributed by atoms with Gasteiger partial charge in [0.1, 0.15) is 12.6 Å². The number of alkyl halides is 3. The first-order valence-corrected chi connectivity index (χ1v) is 13.2. The molecule has 1 aliphatic heterocycles. The van der Waals surface area contributed by atoms with Gasteiger partial charge in [0.15, 0.2) is 0 Å². The first-order valence-electron chi connectivity index (χ1n) is 13.2. The van der Waals surface area contributed by atoms with Crippen LogP contribution in [0.4, 0.5) is 24.8 Å². The van der Waals surface area contributed by atoms with Crippen LogP contribution >= 0.6 is 0 Å².